The summed E-state index contributed by atoms with van der Waals surface area (Å²) >= 11 is 0. The van der Waals surface area contributed by atoms with Gasteiger partial charge in [0.25, 0.3) is 0 Å². The first-order chi connectivity index (χ1) is 8.08. The van der Waals surface area contributed by atoms with Crippen LogP contribution < -0.4 is 10.5 Å². The number of esters is 1. The van der Waals surface area contributed by atoms with Gasteiger partial charge in [0, 0.05) is 13.1 Å². The van der Waals surface area contributed by atoms with Crippen LogP contribution >= 0.6 is 0 Å². The van der Waals surface area contributed by atoms with E-state index in [2.05, 4.69) is 5.10 Å². The quantitative estimate of drug-likeness (QED) is 0.630. The highest BCUT2D eigenvalue weighted by Crippen LogP contribution is 2.16. The Hall–Kier alpha value is -2.37. The summed E-state index contributed by atoms with van der Waals surface area (Å²) in [5.41, 5.74) is 5.92. The Morgan fingerprint density at radius 3 is 2.88 bits per heavy atom. The van der Waals surface area contributed by atoms with E-state index < -0.39 is 11.8 Å². The molecule has 5 nitrogen and oxygen atoms in total. The lowest BCUT2D eigenvalue weighted by Gasteiger charge is -2.05. The van der Waals surface area contributed by atoms with Gasteiger partial charge in [-0.15, -0.1) is 0 Å². The van der Waals surface area contributed by atoms with Gasteiger partial charge in [0.1, 0.15) is 11.6 Å². The topological polar surface area (TPSA) is 70.1 Å². The molecule has 0 radical (unpaired) electrons. The molecular weight excluding hydrogens is 225 g/mol. The van der Waals surface area contributed by atoms with Crippen molar-refractivity contribution in [3.8, 4) is 5.75 Å². The van der Waals surface area contributed by atoms with E-state index in [4.69, 9.17) is 10.5 Å². The molecule has 0 aliphatic carbocycles. The van der Waals surface area contributed by atoms with Crippen molar-refractivity contribution >= 4 is 11.7 Å². The molecule has 0 saturated heterocycles. The van der Waals surface area contributed by atoms with Crippen LogP contribution in [0.3, 0.4) is 0 Å². The standard InChI is InChI=1S/C11H10FN3O2/c1-15-10(9(13)6-14-15)11(16)17-8-4-2-3-7(12)5-8/h2-6H,13H2,1H3. The van der Waals surface area contributed by atoms with Crippen molar-refractivity contribution in [2.45, 2.75) is 0 Å². The molecule has 0 bridgehead atoms. The summed E-state index contributed by atoms with van der Waals surface area (Å²) in [6, 6.07) is 5.30. The number of aryl methyl sites for hydroxylation is 1. The number of rotatable bonds is 2. The lowest BCUT2D eigenvalue weighted by molar-refractivity contribution is 0.0724. The summed E-state index contributed by atoms with van der Waals surface area (Å²) < 4.78 is 19.2. The first kappa shape index (κ1) is 11.1. The zero-order chi connectivity index (χ0) is 12.4. The number of nitrogens with zero attached hydrogens (tertiary/aromatic N) is 2. The fourth-order valence-corrected chi connectivity index (χ4v) is 1.39. The van der Waals surface area contributed by atoms with E-state index in [1.54, 1.807) is 7.05 Å². The molecule has 2 aromatic rings. The number of benzene rings is 1. The van der Waals surface area contributed by atoms with Gasteiger partial charge in [-0.1, -0.05) is 6.07 Å². The van der Waals surface area contributed by atoms with Crippen LogP contribution in [-0.2, 0) is 7.05 Å². The Labute approximate surface area is 96.6 Å². The van der Waals surface area contributed by atoms with Crippen LogP contribution in [0.4, 0.5) is 10.1 Å². The molecule has 0 spiro atoms. The fourth-order valence-electron chi connectivity index (χ4n) is 1.39. The number of carbonyl (C=O) groups is 1. The first-order valence-corrected chi connectivity index (χ1v) is 4.83. The van der Waals surface area contributed by atoms with E-state index in [0.29, 0.717) is 0 Å². The molecule has 0 fully saturated rings. The molecule has 17 heavy (non-hydrogen) atoms. The Bertz CT molecular complexity index is 546. The van der Waals surface area contributed by atoms with E-state index in [0.717, 1.165) is 6.07 Å². The van der Waals surface area contributed by atoms with Crippen molar-refractivity contribution in [3.63, 3.8) is 0 Å². The van der Waals surface area contributed by atoms with Crippen molar-refractivity contribution in [2.24, 2.45) is 7.05 Å². The van der Waals surface area contributed by atoms with E-state index in [-0.39, 0.29) is 17.1 Å². The number of hydrogen-bond acceptors (Lipinski definition) is 4. The predicted molar refractivity (Wildman–Crippen MR) is 59.0 cm³/mol. The van der Waals surface area contributed by atoms with E-state index in [1.165, 1.54) is 29.1 Å². The third kappa shape index (κ3) is 2.25. The maximum absolute atomic E-state index is 12.9. The monoisotopic (exact) mass is 235 g/mol. The number of ether oxygens (including phenoxy) is 1. The molecule has 1 aromatic carbocycles. The van der Waals surface area contributed by atoms with Crippen molar-refractivity contribution < 1.29 is 13.9 Å². The van der Waals surface area contributed by atoms with Gasteiger partial charge in [0.05, 0.1) is 11.9 Å². The van der Waals surface area contributed by atoms with Crippen molar-refractivity contribution in [3.05, 3.63) is 42.0 Å². The van der Waals surface area contributed by atoms with E-state index in [1.807, 2.05) is 0 Å². The molecule has 0 unspecified atom stereocenters. The van der Waals surface area contributed by atoms with Crippen molar-refractivity contribution in [1.29, 1.82) is 0 Å². The molecule has 0 atom stereocenters. The molecule has 2 N–H and O–H groups in total. The maximum atomic E-state index is 12.9. The normalized spacial score (nSPS) is 10.2. The zero-order valence-electron chi connectivity index (χ0n) is 9.05. The molecule has 1 aromatic heterocycles. The van der Waals surface area contributed by atoms with Gasteiger partial charge in [-0.2, -0.15) is 5.10 Å². The Morgan fingerprint density at radius 2 is 2.29 bits per heavy atom. The van der Waals surface area contributed by atoms with Gasteiger partial charge < -0.3 is 10.5 Å². The third-order valence-corrected chi connectivity index (χ3v) is 2.17. The molecule has 0 aliphatic rings. The number of nitrogens with two attached hydrogens (primary N) is 1. The molecule has 0 amide bonds. The van der Waals surface area contributed by atoms with E-state index >= 15 is 0 Å². The van der Waals surface area contributed by atoms with Crippen LogP contribution in [0.25, 0.3) is 0 Å². The van der Waals surface area contributed by atoms with Crippen LogP contribution in [0.15, 0.2) is 30.5 Å². The summed E-state index contributed by atoms with van der Waals surface area (Å²) in [5, 5.41) is 3.81. The number of aromatic nitrogens is 2. The zero-order valence-corrected chi connectivity index (χ0v) is 9.05. The van der Waals surface area contributed by atoms with Crippen LogP contribution in [0.2, 0.25) is 0 Å². The van der Waals surface area contributed by atoms with Gasteiger partial charge in [0.15, 0.2) is 5.69 Å². The van der Waals surface area contributed by atoms with Gasteiger partial charge in [-0.3, -0.25) is 4.68 Å². The van der Waals surface area contributed by atoms with Crippen molar-refractivity contribution in [2.75, 3.05) is 5.73 Å². The number of carbonyl (C=O) groups excluding carboxylic acids is 1. The fraction of sp³-hybridized carbons (Fsp3) is 0.0909. The minimum absolute atomic E-state index is 0.121. The third-order valence-electron chi connectivity index (χ3n) is 2.17. The molecule has 2 rings (SSSR count). The van der Waals surface area contributed by atoms with Crippen molar-refractivity contribution in [1.82, 2.24) is 9.78 Å². The highest BCUT2D eigenvalue weighted by Gasteiger charge is 2.17. The van der Waals surface area contributed by atoms with Gasteiger partial charge in [-0.05, 0) is 12.1 Å². The van der Waals surface area contributed by atoms with E-state index in [9.17, 15) is 9.18 Å². The highest BCUT2D eigenvalue weighted by atomic mass is 19.1. The SMILES string of the molecule is Cn1ncc(N)c1C(=O)Oc1cccc(F)c1. The Morgan fingerprint density at radius 1 is 1.53 bits per heavy atom. The van der Waals surface area contributed by atoms with Crippen LogP contribution in [0, 0.1) is 5.82 Å². The second-order valence-electron chi connectivity index (χ2n) is 3.42. The van der Waals surface area contributed by atoms with Crippen LogP contribution in [0.1, 0.15) is 10.5 Å². The number of halogens is 1. The average molecular weight is 235 g/mol. The summed E-state index contributed by atoms with van der Waals surface area (Å²) in [5.74, 6) is -1.03. The molecule has 0 aliphatic heterocycles. The summed E-state index contributed by atoms with van der Waals surface area (Å²) in [4.78, 5) is 11.7. The van der Waals surface area contributed by atoms with Crippen LogP contribution in [0.5, 0.6) is 5.75 Å². The number of nitrogen functional groups attached to an aromatic ring is 1. The lowest BCUT2D eigenvalue weighted by atomic mass is 10.3. The maximum Gasteiger partial charge on any atom is 0.364 e. The first-order valence-electron chi connectivity index (χ1n) is 4.83. The molecule has 88 valence electrons. The largest absolute Gasteiger partial charge is 0.422 e. The summed E-state index contributed by atoms with van der Waals surface area (Å²) in [7, 11) is 1.57. The second kappa shape index (κ2) is 4.25. The number of anilines is 1. The molecule has 1 heterocycles. The Kier molecular flexibility index (Phi) is 2.78. The second-order valence-corrected chi connectivity index (χ2v) is 3.42. The lowest BCUT2D eigenvalue weighted by Crippen LogP contribution is -2.15. The van der Waals surface area contributed by atoms with Gasteiger partial charge in [0.2, 0.25) is 0 Å². The smallest absolute Gasteiger partial charge is 0.364 e. The molecule has 6 heteroatoms. The minimum Gasteiger partial charge on any atom is -0.422 e. The average Bonchev–Trinajstić information content (AvgIpc) is 2.58. The summed E-state index contributed by atoms with van der Waals surface area (Å²) in [6.07, 6.45) is 1.35. The molecule has 0 saturated carbocycles. The van der Waals surface area contributed by atoms with Gasteiger partial charge >= 0.3 is 5.97 Å². The van der Waals surface area contributed by atoms with Crippen LogP contribution in [-0.4, -0.2) is 15.7 Å². The predicted octanol–water partition coefficient (Wildman–Crippen LogP) is 1.36. The summed E-state index contributed by atoms with van der Waals surface area (Å²) in [6.45, 7) is 0. The number of hydrogen-bond donors (Lipinski definition) is 1. The minimum atomic E-state index is -0.673. The highest BCUT2D eigenvalue weighted by molar-refractivity contribution is 5.94. The van der Waals surface area contributed by atoms with Gasteiger partial charge in [-0.25, -0.2) is 9.18 Å². The molecular formula is C11H10FN3O2. The Balaban J connectivity index is 2.23.